The van der Waals surface area contributed by atoms with Crippen LogP contribution in [0.5, 0.6) is 5.88 Å². The van der Waals surface area contributed by atoms with Crippen molar-refractivity contribution in [3.63, 3.8) is 0 Å². The van der Waals surface area contributed by atoms with E-state index >= 15 is 0 Å². The van der Waals surface area contributed by atoms with Crippen molar-refractivity contribution in [1.29, 1.82) is 0 Å². The molecule has 1 aromatic heterocycles. The number of carbonyl (C=O) groups excluding carboxylic acids is 2. The molecule has 8 heteroatoms. The number of nitrogens with one attached hydrogen (secondary N) is 2. The molecular formula is C16H24N4O4. The van der Waals surface area contributed by atoms with Gasteiger partial charge >= 0.3 is 6.03 Å². The number of urea groups is 1. The first-order valence-corrected chi connectivity index (χ1v) is 7.96. The summed E-state index contributed by atoms with van der Waals surface area (Å²) in [5.74, 6) is 0.490. The molecular weight excluding hydrogens is 312 g/mol. The Balaban J connectivity index is 1.70. The van der Waals surface area contributed by atoms with Gasteiger partial charge in [0, 0.05) is 32.1 Å². The molecule has 2 N–H and O–H groups in total. The molecule has 1 aliphatic rings. The van der Waals surface area contributed by atoms with Crippen LogP contribution in [0.3, 0.4) is 0 Å². The van der Waals surface area contributed by atoms with Crippen LogP contribution in [0.2, 0.25) is 0 Å². The van der Waals surface area contributed by atoms with Gasteiger partial charge in [-0.25, -0.2) is 9.78 Å². The fourth-order valence-electron chi connectivity index (χ4n) is 2.57. The molecule has 1 aliphatic heterocycles. The standard InChI is InChI=1S/C16H24N4O4/c1-11-9-20(10-12(2)24-11)15(21)6-7-17-16(22)19-13-4-5-14(23-3)18-8-13/h4-5,8,11-12H,6-7,9-10H2,1-3H3,(H2,17,19,22)/t11-,12-/m0/s1. The van der Waals surface area contributed by atoms with Gasteiger partial charge in [0.1, 0.15) is 0 Å². The Bertz CT molecular complexity index is 554. The van der Waals surface area contributed by atoms with Crippen LogP contribution >= 0.6 is 0 Å². The number of nitrogens with zero attached hydrogens (tertiary/aromatic N) is 2. The number of carbonyl (C=O) groups is 2. The van der Waals surface area contributed by atoms with Gasteiger partial charge in [-0.3, -0.25) is 4.79 Å². The number of methoxy groups -OCH3 is 1. The number of amides is 3. The van der Waals surface area contributed by atoms with Gasteiger partial charge in [0.25, 0.3) is 0 Å². The van der Waals surface area contributed by atoms with E-state index in [1.54, 1.807) is 17.0 Å². The number of ether oxygens (including phenoxy) is 2. The Labute approximate surface area is 141 Å². The molecule has 2 atom stereocenters. The van der Waals surface area contributed by atoms with E-state index in [1.165, 1.54) is 13.3 Å². The topological polar surface area (TPSA) is 92.8 Å². The van der Waals surface area contributed by atoms with E-state index in [2.05, 4.69) is 15.6 Å². The molecule has 132 valence electrons. The zero-order chi connectivity index (χ0) is 17.5. The van der Waals surface area contributed by atoms with E-state index in [-0.39, 0.29) is 37.1 Å². The number of anilines is 1. The van der Waals surface area contributed by atoms with E-state index in [0.717, 1.165) is 0 Å². The third-order valence-electron chi connectivity index (χ3n) is 3.60. The number of rotatable bonds is 5. The highest BCUT2D eigenvalue weighted by molar-refractivity contribution is 5.89. The number of aromatic nitrogens is 1. The summed E-state index contributed by atoms with van der Waals surface area (Å²) in [6.07, 6.45) is 1.83. The Morgan fingerprint density at radius 2 is 2.04 bits per heavy atom. The van der Waals surface area contributed by atoms with Gasteiger partial charge in [0.2, 0.25) is 11.8 Å². The van der Waals surface area contributed by atoms with Crippen molar-refractivity contribution in [2.24, 2.45) is 0 Å². The molecule has 2 rings (SSSR count). The summed E-state index contributed by atoms with van der Waals surface area (Å²) in [6.45, 7) is 5.35. The smallest absolute Gasteiger partial charge is 0.319 e. The predicted octanol–water partition coefficient (Wildman–Crippen LogP) is 1.24. The highest BCUT2D eigenvalue weighted by Crippen LogP contribution is 2.12. The molecule has 0 spiro atoms. The third-order valence-corrected chi connectivity index (χ3v) is 3.60. The highest BCUT2D eigenvalue weighted by Gasteiger charge is 2.25. The Kier molecular flexibility index (Phi) is 6.36. The molecule has 2 heterocycles. The van der Waals surface area contributed by atoms with Crippen molar-refractivity contribution < 1.29 is 19.1 Å². The lowest BCUT2D eigenvalue weighted by atomic mass is 10.2. The van der Waals surface area contributed by atoms with Crippen molar-refractivity contribution in [1.82, 2.24) is 15.2 Å². The summed E-state index contributed by atoms with van der Waals surface area (Å²) in [7, 11) is 1.52. The second-order valence-electron chi connectivity index (χ2n) is 5.78. The van der Waals surface area contributed by atoms with E-state index < -0.39 is 0 Å². The molecule has 1 fully saturated rings. The average Bonchev–Trinajstić information content (AvgIpc) is 2.54. The Morgan fingerprint density at radius 1 is 1.33 bits per heavy atom. The molecule has 0 bridgehead atoms. The largest absolute Gasteiger partial charge is 0.481 e. The molecule has 8 nitrogen and oxygen atoms in total. The molecule has 0 aromatic carbocycles. The van der Waals surface area contributed by atoms with Gasteiger partial charge in [0.05, 0.1) is 31.2 Å². The zero-order valence-corrected chi connectivity index (χ0v) is 14.2. The molecule has 1 aromatic rings. The van der Waals surface area contributed by atoms with Gasteiger partial charge in [-0.2, -0.15) is 0 Å². The van der Waals surface area contributed by atoms with Crippen LogP contribution < -0.4 is 15.4 Å². The minimum absolute atomic E-state index is 0.0171. The molecule has 24 heavy (non-hydrogen) atoms. The second kappa shape index (κ2) is 8.49. The average molecular weight is 336 g/mol. The van der Waals surface area contributed by atoms with Gasteiger partial charge in [0.15, 0.2) is 0 Å². The first-order valence-electron chi connectivity index (χ1n) is 7.96. The van der Waals surface area contributed by atoms with E-state index in [0.29, 0.717) is 24.7 Å². The number of morpholine rings is 1. The van der Waals surface area contributed by atoms with Gasteiger partial charge < -0.3 is 25.0 Å². The first-order chi connectivity index (χ1) is 11.5. The van der Waals surface area contributed by atoms with Crippen molar-refractivity contribution in [3.8, 4) is 5.88 Å². The van der Waals surface area contributed by atoms with Crippen LogP contribution in [-0.2, 0) is 9.53 Å². The summed E-state index contributed by atoms with van der Waals surface area (Å²) < 4.78 is 10.6. The monoisotopic (exact) mass is 336 g/mol. The Morgan fingerprint density at radius 3 is 2.62 bits per heavy atom. The van der Waals surface area contributed by atoms with E-state index in [4.69, 9.17) is 9.47 Å². The van der Waals surface area contributed by atoms with Gasteiger partial charge in [-0.05, 0) is 19.9 Å². The van der Waals surface area contributed by atoms with Crippen molar-refractivity contribution in [2.45, 2.75) is 32.5 Å². The van der Waals surface area contributed by atoms with Crippen LogP contribution in [0.4, 0.5) is 10.5 Å². The number of hydrogen-bond donors (Lipinski definition) is 2. The molecule has 0 saturated carbocycles. The summed E-state index contributed by atoms with van der Waals surface area (Å²) in [5.41, 5.74) is 0.551. The van der Waals surface area contributed by atoms with Gasteiger partial charge in [-0.15, -0.1) is 0 Å². The summed E-state index contributed by atoms with van der Waals surface area (Å²) in [5, 5.41) is 5.31. The van der Waals surface area contributed by atoms with Crippen LogP contribution in [0.25, 0.3) is 0 Å². The molecule has 0 unspecified atom stereocenters. The second-order valence-corrected chi connectivity index (χ2v) is 5.78. The van der Waals surface area contributed by atoms with E-state index in [1.807, 2.05) is 13.8 Å². The maximum absolute atomic E-state index is 12.2. The van der Waals surface area contributed by atoms with Crippen LogP contribution in [0, 0.1) is 0 Å². The van der Waals surface area contributed by atoms with Crippen LogP contribution in [0.15, 0.2) is 18.3 Å². The SMILES string of the molecule is COc1ccc(NC(=O)NCCC(=O)N2C[C@H](C)O[C@@H](C)C2)cn1. The molecule has 3 amide bonds. The summed E-state index contributed by atoms with van der Waals surface area (Å²) in [4.78, 5) is 29.8. The fourth-order valence-corrected chi connectivity index (χ4v) is 2.57. The third kappa shape index (κ3) is 5.38. The normalized spacial score (nSPS) is 20.4. The fraction of sp³-hybridized carbons (Fsp3) is 0.562. The zero-order valence-electron chi connectivity index (χ0n) is 14.2. The minimum atomic E-state index is -0.376. The molecule has 1 saturated heterocycles. The van der Waals surface area contributed by atoms with Crippen molar-refractivity contribution in [2.75, 3.05) is 32.1 Å². The maximum Gasteiger partial charge on any atom is 0.319 e. The highest BCUT2D eigenvalue weighted by atomic mass is 16.5. The lowest BCUT2D eigenvalue weighted by Gasteiger charge is -2.35. The van der Waals surface area contributed by atoms with Crippen molar-refractivity contribution in [3.05, 3.63) is 18.3 Å². The predicted molar refractivity (Wildman–Crippen MR) is 89.0 cm³/mol. The van der Waals surface area contributed by atoms with Crippen LogP contribution in [-0.4, -0.2) is 60.8 Å². The summed E-state index contributed by atoms with van der Waals surface area (Å²) >= 11 is 0. The van der Waals surface area contributed by atoms with Crippen LogP contribution in [0.1, 0.15) is 20.3 Å². The quantitative estimate of drug-likeness (QED) is 0.844. The minimum Gasteiger partial charge on any atom is -0.481 e. The molecule has 0 aliphatic carbocycles. The van der Waals surface area contributed by atoms with E-state index in [9.17, 15) is 9.59 Å². The summed E-state index contributed by atoms with van der Waals surface area (Å²) in [6, 6.07) is 2.96. The Hall–Kier alpha value is -2.35. The molecule has 0 radical (unpaired) electrons. The number of pyridine rings is 1. The lowest BCUT2D eigenvalue weighted by Crippen LogP contribution is -2.48. The first kappa shape index (κ1) is 18.0. The number of hydrogen-bond acceptors (Lipinski definition) is 5. The maximum atomic E-state index is 12.2. The van der Waals surface area contributed by atoms with Gasteiger partial charge in [-0.1, -0.05) is 0 Å². The van der Waals surface area contributed by atoms with Crippen molar-refractivity contribution >= 4 is 17.6 Å². The lowest BCUT2D eigenvalue weighted by molar-refractivity contribution is -0.143.